The van der Waals surface area contributed by atoms with Gasteiger partial charge in [-0.15, -0.1) is 0 Å². The number of hydrogen-bond acceptors (Lipinski definition) is 4. The van der Waals surface area contributed by atoms with Crippen molar-refractivity contribution in [2.45, 2.75) is 51.4 Å². The maximum atomic E-state index is 11.9. The monoisotopic (exact) mass is 260 g/mol. The van der Waals surface area contributed by atoms with Crippen LogP contribution >= 0.6 is 11.8 Å². The van der Waals surface area contributed by atoms with Gasteiger partial charge in [-0.05, 0) is 37.7 Å². The summed E-state index contributed by atoms with van der Waals surface area (Å²) in [7, 11) is 0. The van der Waals surface area contributed by atoms with Gasteiger partial charge in [0.2, 0.25) is 5.91 Å². The molecule has 1 saturated heterocycles. The third-order valence-corrected chi connectivity index (χ3v) is 3.88. The molecule has 1 heterocycles. The van der Waals surface area contributed by atoms with Crippen LogP contribution in [0.1, 0.15) is 33.1 Å². The van der Waals surface area contributed by atoms with E-state index in [4.69, 9.17) is 10.5 Å². The molecule has 0 aromatic carbocycles. The van der Waals surface area contributed by atoms with E-state index in [2.05, 4.69) is 12.2 Å². The molecule has 0 spiro atoms. The van der Waals surface area contributed by atoms with Crippen LogP contribution in [0, 0.1) is 0 Å². The van der Waals surface area contributed by atoms with Crippen LogP contribution in [-0.4, -0.2) is 42.2 Å². The van der Waals surface area contributed by atoms with Gasteiger partial charge < -0.3 is 15.8 Å². The van der Waals surface area contributed by atoms with Crippen molar-refractivity contribution in [2.75, 3.05) is 18.1 Å². The largest absolute Gasteiger partial charge is 0.364 e. The summed E-state index contributed by atoms with van der Waals surface area (Å²) in [6, 6.07) is 0.224. The molecule has 5 heteroatoms. The molecular formula is C12H24N2O2S. The Morgan fingerprint density at radius 3 is 2.94 bits per heavy atom. The minimum atomic E-state index is -0.287. The Balaban J connectivity index is 2.20. The summed E-state index contributed by atoms with van der Waals surface area (Å²) in [6.07, 6.45) is 2.48. The highest BCUT2D eigenvalue weighted by molar-refractivity contribution is 7.99. The second kappa shape index (κ2) is 7.95. The van der Waals surface area contributed by atoms with E-state index in [1.54, 1.807) is 0 Å². The average Bonchev–Trinajstić information content (AvgIpc) is 2.78. The number of carbonyl (C=O) groups excluding carboxylic acids is 1. The summed E-state index contributed by atoms with van der Waals surface area (Å²) in [5.41, 5.74) is 5.52. The van der Waals surface area contributed by atoms with Crippen LogP contribution in [-0.2, 0) is 9.53 Å². The molecular weight excluding hydrogens is 236 g/mol. The number of hydrogen-bond donors (Lipinski definition) is 2. The normalized spacial score (nSPS) is 25.8. The molecule has 0 bridgehead atoms. The lowest BCUT2D eigenvalue weighted by Crippen LogP contribution is -2.40. The van der Waals surface area contributed by atoms with Gasteiger partial charge in [-0.25, -0.2) is 0 Å². The van der Waals surface area contributed by atoms with E-state index >= 15 is 0 Å². The highest BCUT2D eigenvalue weighted by Gasteiger charge is 2.30. The molecule has 1 amide bonds. The smallest absolute Gasteiger partial charge is 0.249 e. The van der Waals surface area contributed by atoms with E-state index < -0.39 is 0 Å². The SMILES string of the molecule is CCSCCC(C)NC(=O)C1CCC(CN)O1. The number of nitrogens with one attached hydrogen (secondary N) is 1. The van der Waals surface area contributed by atoms with E-state index in [0.29, 0.717) is 6.54 Å². The number of rotatable bonds is 7. The third-order valence-electron chi connectivity index (χ3n) is 2.95. The van der Waals surface area contributed by atoms with Gasteiger partial charge in [0.25, 0.3) is 0 Å². The highest BCUT2D eigenvalue weighted by Crippen LogP contribution is 2.19. The van der Waals surface area contributed by atoms with Gasteiger partial charge in [0, 0.05) is 12.6 Å². The molecule has 1 fully saturated rings. The summed E-state index contributed by atoms with van der Waals surface area (Å²) in [5.74, 6) is 2.24. The van der Waals surface area contributed by atoms with Crippen LogP contribution in [0.15, 0.2) is 0 Å². The van der Waals surface area contributed by atoms with Crippen LogP contribution in [0.5, 0.6) is 0 Å². The molecule has 0 aliphatic carbocycles. The van der Waals surface area contributed by atoms with Crippen molar-refractivity contribution in [3.8, 4) is 0 Å². The molecule has 1 aliphatic rings. The Kier molecular flexibility index (Phi) is 6.92. The van der Waals surface area contributed by atoms with Gasteiger partial charge in [-0.2, -0.15) is 11.8 Å². The van der Waals surface area contributed by atoms with Gasteiger partial charge in [0.15, 0.2) is 0 Å². The minimum absolute atomic E-state index is 0.0231. The first-order valence-electron chi connectivity index (χ1n) is 6.41. The van der Waals surface area contributed by atoms with Crippen LogP contribution in [0.4, 0.5) is 0 Å². The minimum Gasteiger partial charge on any atom is -0.364 e. The van der Waals surface area contributed by atoms with Crippen molar-refractivity contribution in [1.82, 2.24) is 5.32 Å². The molecule has 0 aromatic heterocycles. The second-order valence-electron chi connectivity index (χ2n) is 4.46. The molecule has 3 unspecified atom stereocenters. The van der Waals surface area contributed by atoms with Crippen molar-refractivity contribution < 1.29 is 9.53 Å². The molecule has 17 heavy (non-hydrogen) atoms. The average molecular weight is 260 g/mol. The first kappa shape index (κ1) is 14.8. The van der Waals surface area contributed by atoms with Gasteiger partial charge >= 0.3 is 0 Å². The fraction of sp³-hybridized carbons (Fsp3) is 0.917. The highest BCUT2D eigenvalue weighted by atomic mass is 32.2. The molecule has 3 N–H and O–H groups in total. The number of ether oxygens (including phenoxy) is 1. The predicted octanol–water partition coefficient (Wildman–Crippen LogP) is 1.14. The number of nitrogens with two attached hydrogens (primary N) is 1. The maximum Gasteiger partial charge on any atom is 0.249 e. The summed E-state index contributed by atoms with van der Waals surface area (Å²) in [5, 5.41) is 3.01. The molecule has 1 aliphatic heterocycles. The van der Waals surface area contributed by atoms with E-state index in [0.717, 1.165) is 30.8 Å². The summed E-state index contributed by atoms with van der Waals surface area (Å²) in [6.45, 7) is 4.70. The van der Waals surface area contributed by atoms with E-state index in [1.807, 2.05) is 18.7 Å². The lowest BCUT2D eigenvalue weighted by molar-refractivity contribution is -0.132. The first-order valence-corrected chi connectivity index (χ1v) is 7.56. The fourth-order valence-electron chi connectivity index (χ4n) is 1.88. The molecule has 0 saturated carbocycles. The van der Waals surface area contributed by atoms with Crippen LogP contribution in [0.2, 0.25) is 0 Å². The Bertz CT molecular complexity index is 239. The van der Waals surface area contributed by atoms with Gasteiger partial charge in [-0.3, -0.25) is 4.79 Å². The standard InChI is InChI=1S/C12H24N2O2S/c1-3-17-7-6-9(2)14-12(15)11-5-4-10(8-13)16-11/h9-11H,3-8,13H2,1-2H3,(H,14,15). The van der Waals surface area contributed by atoms with Crippen molar-refractivity contribution in [3.05, 3.63) is 0 Å². The zero-order valence-electron chi connectivity index (χ0n) is 10.8. The van der Waals surface area contributed by atoms with Crippen molar-refractivity contribution in [1.29, 1.82) is 0 Å². The van der Waals surface area contributed by atoms with E-state index in [-0.39, 0.29) is 24.2 Å². The molecule has 0 radical (unpaired) electrons. The van der Waals surface area contributed by atoms with Crippen molar-refractivity contribution in [2.24, 2.45) is 5.73 Å². The van der Waals surface area contributed by atoms with Crippen LogP contribution < -0.4 is 11.1 Å². The summed E-state index contributed by atoms with van der Waals surface area (Å²) >= 11 is 1.90. The Morgan fingerprint density at radius 1 is 1.59 bits per heavy atom. The van der Waals surface area contributed by atoms with Crippen molar-refractivity contribution >= 4 is 17.7 Å². The zero-order chi connectivity index (χ0) is 12.7. The van der Waals surface area contributed by atoms with Crippen molar-refractivity contribution in [3.63, 3.8) is 0 Å². The zero-order valence-corrected chi connectivity index (χ0v) is 11.6. The Morgan fingerprint density at radius 2 is 2.35 bits per heavy atom. The Labute approximate surface area is 108 Å². The molecule has 1 rings (SSSR count). The topological polar surface area (TPSA) is 64.4 Å². The fourth-order valence-corrected chi connectivity index (χ4v) is 2.69. The number of thioether (sulfide) groups is 1. The second-order valence-corrected chi connectivity index (χ2v) is 5.85. The summed E-state index contributed by atoms with van der Waals surface area (Å²) < 4.78 is 5.56. The van der Waals surface area contributed by atoms with E-state index in [9.17, 15) is 4.79 Å². The van der Waals surface area contributed by atoms with Gasteiger partial charge in [0.1, 0.15) is 6.10 Å². The van der Waals surface area contributed by atoms with Crippen LogP contribution in [0.3, 0.4) is 0 Å². The van der Waals surface area contributed by atoms with Gasteiger partial charge in [0.05, 0.1) is 6.10 Å². The van der Waals surface area contributed by atoms with Gasteiger partial charge in [-0.1, -0.05) is 6.92 Å². The summed E-state index contributed by atoms with van der Waals surface area (Å²) in [4.78, 5) is 11.9. The molecule has 0 aromatic rings. The molecule has 3 atom stereocenters. The quantitative estimate of drug-likeness (QED) is 0.674. The third kappa shape index (κ3) is 5.27. The Hall–Kier alpha value is -0.260. The maximum absolute atomic E-state index is 11.9. The first-order chi connectivity index (χ1) is 8.17. The number of carbonyl (C=O) groups is 1. The lowest BCUT2D eigenvalue weighted by Gasteiger charge is -2.17. The lowest BCUT2D eigenvalue weighted by atomic mass is 10.1. The molecule has 4 nitrogen and oxygen atoms in total. The predicted molar refractivity (Wildman–Crippen MR) is 72.2 cm³/mol. The molecule has 100 valence electrons. The number of amides is 1. The van der Waals surface area contributed by atoms with E-state index in [1.165, 1.54) is 0 Å². The van der Waals surface area contributed by atoms with Crippen LogP contribution in [0.25, 0.3) is 0 Å².